The Morgan fingerprint density at radius 2 is 1.95 bits per heavy atom. The van der Waals surface area contributed by atoms with Gasteiger partial charge in [-0.05, 0) is 22.9 Å². The van der Waals surface area contributed by atoms with Crippen molar-refractivity contribution < 1.29 is 5.11 Å². The highest BCUT2D eigenvalue weighted by Crippen LogP contribution is 2.15. The molecular weight excluding hydrogens is 254 g/mol. The number of hydrogen-bond acceptors (Lipinski definition) is 5. The lowest BCUT2D eigenvalue weighted by atomic mass is 10.1. The van der Waals surface area contributed by atoms with Gasteiger partial charge in [0.2, 0.25) is 5.82 Å². The number of hydrogen-bond donors (Lipinski definition) is 1. The van der Waals surface area contributed by atoms with Gasteiger partial charge >= 0.3 is 0 Å². The zero-order chi connectivity index (χ0) is 13.8. The zero-order valence-corrected chi connectivity index (χ0v) is 10.7. The molecule has 3 aromatic rings. The van der Waals surface area contributed by atoms with Crippen LogP contribution in [0.3, 0.4) is 0 Å². The van der Waals surface area contributed by atoms with Crippen molar-refractivity contribution in [2.24, 2.45) is 0 Å². The molecule has 2 aromatic heterocycles. The maximum absolute atomic E-state index is 10.1. The Balaban J connectivity index is 1.75. The Kier molecular flexibility index (Phi) is 3.47. The van der Waals surface area contributed by atoms with Crippen LogP contribution in [0.5, 0.6) is 0 Å². The number of rotatable bonds is 4. The van der Waals surface area contributed by atoms with E-state index < -0.39 is 6.10 Å². The van der Waals surface area contributed by atoms with Gasteiger partial charge in [0.05, 0.1) is 6.54 Å². The lowest BCUT2D eigenvalue weighted by molar-refractivity contribution is 0.144. The van der Waals surface area contributed by atoms with E-state index in [1.807, 2.05) is 42.5 Å². The van der Waals surface area contributed by atoms with Crippen molar-refractivity contribution in [2.75, 3.05) is 0 Å². The minimum Gasteiger partial charge on any atom is -0.386 e. The predicted octanol–water partition coefficient (Wildman–Crippen LogP) is 1.47. The molecule has 0 saturated heterocycles. The number of aliphatic hydroxyl groups excluding tert-OH is 1. The van der Waals surface area contributed by atoms with Crippen LogP contribution in [0.4, 0.5) is 0 Å². The van der Waals surface area contributed by atoms with Crippen molar-refractivity contribution >= 4 is 0 Å². The first-order chi connectivity index (χ1) is 9.83. The molecular formula is C14H13N5O. The molecule has 0 aliphatic carbocycles. The van der Waals surface area contributed by atoms with E-state index in [-0.39, 0.29) is 6.54 Å². The van der Waals surface area contributed by atoms with E-state index in [9.17, 15) is 5.11 Å². The largest absolute Gasteiger partial charge is 0.386 e. The summed E-state index contributed by atoms with van der Waals surface area (Å²) in [4.78, 5) is 5.40. The second-order valence-electron chi connectivity index (χ2n) is 4.34. The maximum atomic E-state index is 10.1. The Labute approximate surface area is 115 Å². The molecule has 0 amide bonds. The van der Waals surface area contributed by atoms with Crippen LogP contribution in [0.1, 0.15) is 11.7 Å². The summed E-state index contributed by atoms with van der Waals surface area (Å²) >= 11 is 0. The molecule has 1 unspecified atom stereocenters. The summed E-state index contributed by atoms with van der Waals surface area (Å²) in [5, 5.41) is 22.3. The third kappa shape index (κ3) is 2.70. The molecule has 2 heterocycles. The molecule has 6 nitrogen and oxygen atoms in total. The van der Waals surface area contributed by atoms with Crippen LogP contribution in [-0.4, -0.2) is 30.3 Å². The fraction of sp³-hybridized carbons (Fsp3) is 0.143. The van der Waals surface area contributed by atoms with E-state index >= 15 is 0 Å². The van der Waals surface area contributed by atoms with Crippen LogP contribution < -0.4 is 0 Å². The standard InChI is InChI=1S/C14H13N5O/c20-13(11-5-2-1-3-6-11)10-19-17-14(16-18-19)12-7-4-8-15-9-12/h1-9,13,20H,10H2. The van der Waals surface area contributed by atoms with Gasteiger partial charge in [-0.3, -0.25) is 4.98 Å². The van der Waals surface area contributed by atoms with Gasteiger partial charge in [0.25, 0.3) is 0 Å². The SMILES string of the molecule is OC(Cn1nnc(-c2cccnc2)n1)c1ccccc1. The highest BCUT2D eigenvalue weighted by atomic mass is 16.3. The molecule has 0 aliphatic rings. The zero-order valence-electron chi connectivity index (χ0n) is 10.7. The molecule has 0 saturated carbocycles. The normalized spacial score (nSPS) is 12.2. The molecule has 0 aliphatic heterocycles. The van der Waals surface area contributed by atoms with Crippen LogP contribution in [0.2, 0.25) is 0 Å². The number of tetrazole rings is 1. The molecule has 20 heavy (non-hydrogen) atoms. The fourth-order valence-corrected chi connectivity index (χ4v) is 1.87. The number of pyridine rings is 1. The molecule has 0 fully saturated rings. The minimum absolute atomic E-state index is 0.261. The highest BCUT2D eigenvalue weighted by Gasteiger charge is 2.11. The lowest BCUT2D eigenvalue weighted by Gasteiger charge is -2.08. The summed E-state index contributed by atoms with van der Waals surface area (Å²) in [7, 11) is 0. The monoisotopic (exact) mass is 267 g/mol. The molecule has 0 radical (unpaired) electrons. The first-order valence-corrected chi connectivity index (χ1v) is 6.24. The van der Waals surface area contributed by atoms with Crippen molar-refractivity contribution in [3.63, 3.8) is 0 Å². The van der Waals surface area contributed by atoms with Crippen molar-refractivity contribution in [3.05, 3.63) is 60.4 Å². The van der Waals surface area contributed by atoms with E-state index in [0.717, 1.165) is 11.1 Å². The van der Waals surface area contributed by atoms with Gasteiger partial charge in [-0.25, -0.2) is 0 Å². The Bertz CT molecular complexity index is 668. The Hall–Kier alpha value is -2.60. The van der Waals surface area contributed by atoms with E-state index in [0.29, 0.717) is 5.82 Å². The fourth-order valence-electron chi connectivity index (χ4n) is 1.87. The molecule has 0 spiro atoms. The van der Waals surface area contributed by atoms with Gasteiger partial charge in [-0.15, -0.1) is 10.2 Å². The number of aliphatic hydroxyl groups is 1. The topological polar surface area (TPSA) is 76.7 Å². The molecule has 1 aromatic carbocycles. The van der Waals surface area contributed by atoms with Gasteiger partial charge < -0.3 is 5.11 Å². The first-order valence-electron chi connectivity index (χ1n) is 6.24. The lowest BCUT2D eigenvalue weighted by Crippen LogP contribution is -2.11. The van der Waals surface area contributed by atoms with Crippen LogP contribution in [-0.2, 0) is 6.54 Å². The predicted molar refractivity (Wildman–Crippen MR) is 72.4 cm³/mol. The molecule has 1 N–H and O–H groups in total. The summed E-state index contributed by atoms with van der Waals surface area (Å²) in [6.07, 6.45) is 2.70. The summed E-state index contributed by atoms with van der Waals surface area (Å²) in [6.45, 7) is 0.261. The van der Waals surface area contributed by atoms with Crippen LogP contribution in [0.25, 0.3) is 11.4 Å². The van der Waals surface area contributed by atoms with Crippen LogP contribution in [0.15, 0.2) is 54.9 Å². The quantitative estimate of drug-likeness (QED) is 0.774. The second kappa shape index (κ2) is 5.58. The molecule has 100 valence electrons. The van der Waals surface area contributed by atoms with Crippen molar-refractivity contribution in [3.8, 4) is 11.4 Å². The summed E-state index contributed by atoms with van der Waals surface area (Å²) in [5.41, 5.74) is 1.63. The molecule has 6 heteroatoms. The highest BCUT2D eigenvalue weighted by molar-refractivity contribution is 5.51. The average molecular weight is 267 g/mol. The van der Waals surface area contributed by atoms with Crippen molar-refractivity contribution in [2.45, 2.75) is 12.6 Å². The summed E-state index contributed by atoms with van der Waals surface area (Å²) in [5.74, 6) is 0.498. The van der Waals surface area contributed by atoms with Crippen LogP contribution in [0, 0.1) is 0 Å². The van der Waals surface area contributed by atoms with Gasteiger partial charge in [0.1, 0.15) is 6.10 Å². The maximum Gasteiger partial charge on any atom is 0.206 e. The van der Waals surface area contributed by atoms with Gasteiger partial charge in [0, 0.05) is 18.0 Å². The Morgan fingerprint density at radius 3 is 2.70 bits per heavy atom. The molecule has 3 rings (SSSR count). The number of aromatic nitrogens is 5. The van der Waals surface area contributed by atoms with Crippen molar-refractivity contribution in [1.29, 1.82) is 0 Å². The summed E-state index contributed by atoms with van der Waals surface area (Å²) < 4.78 is 0. The van der Waals surface area contributed by atoms with E-state index in [1.54, 1.807) is 12.4 Å². The van der Waals surface area contributed by atoms with E-state index in [1.165, 1.54) is 4.80 Å². The smallest absolute Gasteiger partial charge is 0.206 e. The average Bonchev–Trinajstić information content (AvgIpc) is 2.97. The Morgan fingerprint density at radius 1 is 1.10 bits per heavy atom. The van der Waals surface area contributed by atoms with Gasteiger partial charge in [0.15, 0.2) is 0 Å². The van der Waals surface area contributed by atoms with E-state index in [4.69, 9.17) is 0 Å². The second-order valence-corrected chi connectivity index (χ2v) is 4.34. The van der Waals surface area contributed by atoms with Gasteiger partial charge in [-0.1, -0.05) is 30.3 Å². The van der Waals surface area contributed by atoms with Crippen LogP contribution >= 0.6 is 0 Å². The number of nitrogens with zero attached hydrogens (tertiary/aromatic N) is 5. The number of benzene rings is 1. The van der Waals surface area contributed by atoms with Crippen molar-refractivity contribution in [1.82, 2.24) is 25.2 Å². The first kappa shape index (κ1) is 12.4. The molecule has 1 atom stereocenters. The van der Waals surface area contributed by atoms with E-state index in [2.05, 4.69) is 20.4 Å². The summed E-state index contributed by atoms with van der Waals surface area (Å²) in [6, 6.07) is 13.1. The third-order valence-corrected chi connectivity index (χ3v) is 2.89. The van der Waals surface area contributed by atoms with Gasteiger partial charge in [-0.2, -0.15) is 4.80 Å². The molecule has 0 bridgehead atoms. The minimum atomic E-state index is -0.660. The third-order valence-electron chi connectivity index (χ3n) is 2.89.